The van der Waals surface area contributed by atoms with Gasteiger partial charge in [0.15, 0.2) is 0 Å². The molecule has 0 saturated carbocycles. The molecule has 0 radical (unpaired) electrons. The Labute approximate surface area is 109 Å². The standard InChI is InChI=1S/C13H16F3NO2/c14-13(15,16)10-7-4-6-9(11(10)12(17)19)5-2-1-3-8-18/h4,6-7,18H,1-3,5,8H2,(H2,17,19). The van der Waals surface area contributed by atoms with E-state index in [9.17, 15) is 18.0 Å². The number of aliphatic hydroxyl groups is 1. The molecular weight excluding hydrogens is 259 g/mol. The second-order valence-corrected chi connectivity index (χ2v) is 4.24. The maximum Gasteiger partial charge on any atom is 0.417 e. The topological polar surface area (TPSA) is 63.3 Å². The Morgan fingerprint density at radius 3 is 2.42 bits per heavy atom. The summed E-state index contributed by atoms with van der Waals surface area (Å²) in [4.78, 5) is 11.3. The first kappa shape index (κ1) is 15.5. The molecule has 0 fully saturated rings. The van der Waals surface area contributed by atoms with Crippen LogP contribution in [0.15, 0.2) is 18.2 Å². The number of primary amides is 1. The predicted molar refractivity (Wildman–Crippen MR) is 64.6 cm³/mol. The zero-order valence-corrected chi connectivity index (χ0v) is 10.3. The van der Waals surface area contributed by atoms with Crippen molar-refractivity contribution in [1.82, 2.24) is 0 Å². The van der Waals surface area contributed by atoms with E-state index in [1.807, 2.05) is 0 Å². The van der Waals surface area contributed by atoms with Gasteiger partial charge in [0.05, 0.1) is 11.1 Å². The molecule has 6 heteroatoms. The number of aliphatic hydroxyl groups excluding tert-OH is 1. The minimum atomic E-state index is -4.59. The normalized spacial score (nSPS) is 11.6. The number of amides is 1. The lowest BCUT2D eigenvalue weighted by Gasteiger charge is -2.14. The van der Waals surface area contributed by atoms with Gasteiger partial charge in [-0.3, -0.25) is 4.79 Å². The van der Waals surface area contributed by atoms with Crippen LogP contribution < -0.4 is 5.73 Å². The lowest BCUT2D eigenvalue weighted by molar-refractivity contribution is -0.138. The van der Waals surface area contributed by atoms with Gasteiger partial charge in [0.25, 0.3) is 0 Å². The number of nitrogens with two attached hydrogens (primary N) is 1. The van der Waals surface area contributed by atoms with E-state index in [0.29, 0.717) is 31.2 Å². The van der Waals surface area contributed by atoms with E-state index in [1.165, 1.54) is 12.1 Å². The molecule has 1 aromatic rings. The van der Waals surface area contributed by atoms with Crippen LogP contribution in [0.3, 0.4) is 0 Å². The van der Waals surface area contributed by atoms with Crippen molar-refractivity contribution in [2.45, 2.75) is 31.9 Å². The second kappa shape index (κ2) is 6.56. The van der Waals surface area contributed by atoms with E-state index in [1.54, 1.807) is 0 Å². The summed E-state index contributed by atoms with van der Waals surface area (Å²) < 4.78 is 38.4. The fourth-order valence-electron chi connectivity index (χ4n) is 1.94. The van der Waals surface area contributed by atoms with Gasteiger partial charge in [-0.05, 0) is 30.9 Å². The molecule has 0 bridgehead atoms. The number of rotatable bonds is 6. The van der Waals surface area contributed by atoms with Crippen LogP contribution in [-0.4, -0.2) is 17.6 Å². The van der Waals surface area contributed by atoms with Crippen LogP contribution in [0.1, 0.15) is 40.7 Å². The molecule has 0 unspecified atom stereocenters. The molecule has 1 aromatic carbocycles. The number of carbonyl (C=O) groups excluding carboxylic acids is 1. The first-order chi connectivity index (χ1) is 8.88. The van der Waals surface area contributed by atoms with Gasteiger partial charge in [-0.25, -0.2) is 0 Å². The molecule has 0 heterocycles. The summed E-state index contributed by atoms with van der Waals surface area (Å²) in [6.07, 6.45) is -2.38. The van der Waals surface area contributed by atoms with Crippen LogP contribution in [0.4, 0.5) is 13.2 Å². The first-order valence-electron chi connectivity index (χ1n) is 5.97. The van der Waals surface area contributed by atoms with Gasteiger partial charge in [-0.1, -0.05) is 18.6 Å². The van der Waals surface area contributed by atoms with Crippen molar-refractivity contribution < 1.29 is 23.1 Å². The number of halogens is 3. The Morgan fingerprint density at radius 1 is 1.21 bits per heavy atom. The molecule has 0 aliphatic rings. The average Bonchev–Trinajstić information content (AvgIpc) is 2.33. The number of hydrogen-bond donors (Lipinski definition) is 2. The Kier molecular flexibility index (Phi) is 5.35. The molecule has 0 aliphatic carbocycles. The van der Waals surface area contributed by atoms with Gasteiger partial charge < -0.3 is 10.8 Å². The van der Waals surface area contributed by atoms with Crippen LogP contribution in [0.2, 0.25) is 0 Å². The highest BCUT2D eigenvalue weighted by Crippen LogP contribution is 2.33. The number of alkyl halides is 3. The summed E-state index contributed by atoms with van der Waals surface area (Å²) in [7, 11) is 0. The maximum absolute atomic E-state index is 12.8. The quantitative estimate of drug-likeness (QED) is 0.783. The van der Waals surface area contributed by atoms with Crippen LogP contribution >= 0.6 is 0 Å². The first-order valence-corrected chi connectivity index (χ1v) is 5.97. The lowest BCUT2D eigenvalue weighted by Crippen LogP contribution is -2.21. The minimum Gasteiger partial charge on any atom is -0.396 e. The van der Waals surface area contributed by atoms with E-state index >= 15 is 0 Å². The zero-order chi connectivity index (χ0) is 14.5. The summed E-state index contributed by atoms with van der Waals surface area (Å²) >= 11 is 0. The van der Waals surface area contributed by atoms with Crippen LogP contribution in [-0.2, 0) is 12.6 Å². The van der Waals surface area contributed by atoms with Crippen molar-refractivity contribution in [1.29, 1.82) is 0 Å². The monoisotopic (exact) mass is 275 g/mol. The molecule has 0 aromatic heterocycles. The summed E-state index contributed by atoms with van der Waals surface area (Å²) in [5.74, 6) is -1.06. The smallest absolute Gasteiger partial charge is 0.396 e. The number of benzene rings is 1. The van der Waals surface area contributed by atoms with Crippen molar-refractivity contribution in [2.24, 2.45) is 5.73 Å². The van der Waals surface area contributed by atoms with Crippen LogP contribution in [0, 0.1) is 0 Å². The molecule has 1 rings (SSSR count). The molecule has 3 nitrogen and oxygen atoms in total. The molecule has 0 spiro atoms. The van der Waals surface area contributed by atoms with Crippen LogP contribution in [0.5, 0.6) is 0 Å². The van der Waals surface area contributed by atoms with Crippen molar-refractivity contribution in [2.75, 3.05) is 6.61 Å². The van der Waals surface area contributed by atoms with E-state index in [-0.39, 0.29) is 6.61 Å². The van der Waals surface area contributed by atoms with Gasteiger partial charge in [0.2, 0.25) is 5.91 Å². The van der Waals surface area contributed by atoms with Gasteiger partial charge in [0, 0.05) is 6.61 Å². The van der Waals surface area contributed by atoms with Gasteiger partial charge in [0.1, 0.15) is 0 Å². The molecule has 3 N–H and O–H groups in total. The average molecular weight is 275 g/mol. The largest absolute Gasteiger partial charge is 0.417 e. The Hall–Kier alpha value is -1.56. The molecule has 0 atom stereocenters. The summed E-state index contributed by atoms with van der Waals surface area (Å²) in [5.41, 5.74) is 3.94. The molecule has 0 aliphatic heterocycles. The highest BCUT2D eigenvalue weighted by atomic mass is 19.4. The third-order valence-corrected chi connectivity index (χ3v) is 2.81. The van der Waals surface area contributed by atoms with Crippen molar-refractivity contribution in [3.05, 3.63) is 34.9 Å². The molecular formula is C13H16F3NO2. The van der Waals surface area contributed by atoms with E-state index in [4.69, 9.17) is 10.8 Å². The Bertz CT molecular complexity index is 444. The Balaban J connectivity index is 3.01. The molecule has 0 saturated heterocycles. The van der Waals surface area contributed by atoms with E-state index in [0.717, 1.165) is 6.07 Å². The second-order valence-electron chi connectivity index (χ2n) is 4.24. The van der Waals surface area contributed by atoms with Gasteiger partial charge in [-0.15, -0.1) is 0 Å². The number of unbranched alkanes of at least 4 members (excludes halogenated alkanes) is 2. The zero-order valence-electron chi connectivity index (χ0n) is 10.3. The summed E-state index contributed by atoms with van der Waals surface area (Å²) in [6, 6.07) is 3.61. The third-order valence-electron chi connectivity index (χ3n) is 2.81. The minimum absolute atomic E-state index is 0.0469. The fourth-order valence-corrected chi connectivity index (χ4v) is 1.94. The number of carbonyl (C=O) groups is 1. The summed E-state index contributed by atoms with van der Waals surface area (Å²) in [5, 5.41) is 8.63. The van der Waals surface area contributed by atoms with Gasteiger partial charge in [-0.2, -0.15) is 13.2 Å². The van der Waals surface area contributed by atoms with E-state index in [2.05, 4.69) is 0 Å². The lowest BCUT2D eigenvalue weighted by atomic mass is 9.96. The number of hydrogen-bond acceptors (Lipinski definition) is 2. The third kappa shape index (κ3) is 4.24. The van der Waals surface area contributed by atoms with E-state index < -0.39 is 23.2 Å². The molecule has 19 heavy (non-hydrogen) atoms. The van der Waals surface area contributed by atoms with Gasteiger partial charge >= 0.3 is 6.18 Å². The fraction of sp³-hybridized carbons (Fsp3) is 0.462. The highest BCUT2D eigenvalue weighted by Gasteiger charge is 2.35. The predicted octanol–water partition coefficient (Wildman–Crippen LogP) is 2.51. The van der Waals surface area contributed by atoms with Crippen molar-refractivity contribution in [3.8, 4) is 0 Å². The maximum atomic E-state index is 12.8. The molecule has 106 valence electrons. The Morgan fingerprint density at radius 2 is 1.89 bits per heavy atom. The summed E-state index contributed by atoms with van der Waals surface area (Å²) in [6.45, 7) is 0.0469. The molecule has 1 amide bonds. The van der Waals surface area contributed by atoms with Crippen molar-refractivity contribution in [3.63, 3.8) is 0 Å². The number of aryl methyl sites for hydroxylation is 1. The SMILES string of the molecule is NC(=O)c1c(CCCCCO)cccc1C(F)(F)F. The highest BCUT2D eigenvalue weighted by molar-refractivity contribution is 5.96. The van der Waals surface area contributed by atoms with Crippen LogP contribution in [0.25, 0.3) is 0 Å². The van der Waals surface area contributed by atoms with Crippen molar-refractivity contribution >= 4 is 5.91 Å².